The third kappa shape index (κ3) is 3.51. The Morgan fingerprint density at radius 2 is 2.05 bits per heavy atom. The summed E-state index contributed by atoms with van der Waals surface area (Å²) in [5.41, 5.74) is 4.49. The van der Waals surface area contributed by atoms with Crippen molar-refractivity contribution in [3.8, 4) is 0 Å². The number of Topliss-reactive ketones (excluding diaryl/α,β-unsaturated/α-hetero) is 1. The average Bonchev–Trinajstić information content (AvgIpc) is 2.36. The van der Waals surface area contributed by atoms with Crippen LogP contribution < -0.4 is 11.1 Å². The fourth-order valence-corrected chi connectivity index (χ4v) is 1.60. The number of ketones is 1. The highest BCUT2D eigenvalue weighted by Crippen LogP contribution is 2.19. The Morgan fingerprint density at radius 3 is 2.53 bits per heavy atom. The maximum absolute atomic E-state index is 13.7. The molecule has 0 aliphatic rings. The molecule has 0 fully saturated rings. The second-order valence-electron chi connectivity index (χ2n) is 4.56. The highest BCUT2D eigenvalue weighted by atomic mass is 19.1. The fraction of sp³-hybridized carbons (Fsp3) is 0.385. The summed E-state index contributed by atoms with van der Waals surface area (Å²) in [6.45, 7) is 2.96. The van der Waals surface area contributed by atoms with E-state index in [4.69, 9.17) is 5.73 Å². The lowest BCUT2D eigenvalue weighted by Crippen LogP contribution is -2.41. The van der Waals surface area contributed by atoms with Gasteiger partial charge >= 0.3 is 5.97 Å². The van der Waals surface area contributed by atoms with Crippen molar-refractivity contribution >= 4 is 17.4 Å². The molecule has 0 aromatic heterocycles. The first kappa shape index (κ1) is 15.1. The molecule has 1 rings (SSSR count). The first-order valence-electron chi connectivity index (χ1n) is 5.71. The van der Waals surface area contributed by atoms with Gasteiger partial charge in [0.25, 0.3) is 0 Å². The van der Waals surface area contributed by atoms with Crippen LogP contribution in [-0.4, -0.2) is 30.9 Å². The average molecular weight is 268 g/mol. The van der Waals surface area contributed by atoms with Gasteiger partial charge in [0, 0.05) is 5.69 Å². The van der Waals surface area contributed by atoms with Crippen LogP contribution in [0, 0.1) is 5.82 Å². The third-order valence-corrected chi connectivity index (χ3v) is 2.61. The number of esters is 1. The normalized spacial score (nSPS) is 11.0. The molecule has 0 saturated heterocycles. The molecule has 0 unspecified atom stereocenters. The highest BCUT2D eigenvalue weighted by molar-refractivity contribution is 5.98. The number of methoxy groups -OCH3 is 1. The zero-order valence-corrected chi connectivity index (χ0v) is 11.1. The molecule has 0 atom stereocenters. The van der Waals surface area contributed by atoms with Crippen molar-refractivity contribution < 1.29 is 18.7 Å². The molecule has 0 aliphatic carbocycles. The predicted octanol–water partition coefficient (Wildman–Crippen LogP) is 1.33. The van der Waals surface area contributed by atoms with Gasteiger partial charge in [-0.25, -0.2) is 9.18 Å². The topological polar surface area (TPSA) is 81.4 Å². The van der Waals surface area contributed by atoms with Crippen LogP contribution >= 0.6 is 0 Å². The minimum Gasteiger partial charge on any atom is -0.467 e. The molecule has 0 radical (unpaired) electrons. The van der Waals surface area contributed by atoms with Crippen LogP contribution in [0.25, 0.3) is 0 Å². The first-order valence-corrected chi connectivity index (χ1v) is 5.71. The minimum absolute atomic E-state index is 0.0658. The summed E-state index contributed by atoms with van der Waals surface area (Å²) >= 11 is 0. The molecular weight excluding hydrogens is 251 g/mol. The molecule has 19 heavy (non-hydrogen) atoms. The largest absolute Gasteiger partial charge is 0.467 e. The van der Waals surface area contributed by atoms with E-state index in [2.05, 4.69) is 10.1 Å². The molecule has 3 N–H and O–H groups in total. The van der Waals surface area contributed by atoms with Gasteiger partial charge < -0.3 is 15.8 Å². The Bertz CT molecular complexity index is 501. The zero-order chi connectivity index (χ0) is 14.6. The molecule has 104 valence electrons. The van der Waals surface area contributed by atoms with Crippen LogP contribution in [0.15, 0.2) is 18.2 Å². The standard InChI is InChI=1S/C13H17FN2O3/c1-13(2,12(18)19-3)16-8-4-5-9(10(14)6-8)11(17)7-15/h4-6,16H,7,15H2,1-3H3. The smallest absolute Gasteiger partial charge is 0.330 e. The van der Waals surface area contributed by atoms with Crippen LogP contribution in [0.3, 0.4) is 0 Å². The van der Waals surface area contributed by atoms with E-state index in [0.29, 0.717) is 5.69 Å². The molecule has 6 heteroatoms. The van der Waals surface area contributed by atoms with Gasteiger partial charge in [0.2, 0.25) is 0 Å². The van der Waals surface area contributed by atoms with Gasteiger partial charge in [-0.3, -0.25) is 4.79 Å². The molecule has 0 heterocycles. The SMILES string of the molecule is COC(=O)C(C)(C)Nc1ccc(C(=O)CN)c(F)c1. The maximum atomic E-state index is 13.7. The van der Waals surface area contributed by atoms with E-state index in [1.165, 1.54) is 19.2 Å². The number of halogens is 1. The lowest BCUT2D eigenvalue weighted by molar-refractivity contribution is -0.144. The number of hydrogen-bond donors (Lipinski definition) is 2. The fourth-order valence-electron chi connectivity index (χ4n) is 1.60. The molecule has 0 bridgehead atoms. The number of benzene rings is 1. The number of carbonyl (C=O) groups is 2. The monoisotopic (exact) mass is 268 g/mol. The summed E-state index contributed by atoms with van der Waals surface area (Å²) in [7, 11) is 1.27. The Kier molecular flexibility index (Phi) is 4.61. The van der Waals surface area contributed by atoms with E-state index in [-0.39, 0.29) is 12.1 Å². The van der Waals surface area contributed by atoms with Crippen LogP contribution in [-0.2, 0) is 9.53 Å². The van der Waals surface area contributed by atoms with Crippen molar-refractivity contribution in [1.29, 1.82) is 0 Å². The van der Waals surface area contributed by atoms with Crippen LogP contribution in [0.4, 0.5) is 10.1 Å². The molecule has 1 aromatic carbocycles. The molecule has 0 aliphatic heterocycles. The predicted molar refractivity (Wildman–Crippen MR) is 69.5 cm³/mol. The second kappa shape index (κ2) is 5.79. The minimum atomic E-state index is -0.999. The lowest BCUT2D eigenvalue weighted by Gasteiger charge is -2.24. The molecule has 5 nitrogen and oxygen atoms in total. The molecule has 1 aromatic rings. The summed E-state index contributed by atoms with van der Waals surface area (Å²) in [5, 5.41) is 2.84. The van der Waals surface area contributed by atoms with Crippen molar-refractivity contribution in [2.24, 2.45) is 5.73 Å². The van der Waals surface area contributed by atoms with Crippen LogP contribution in [0.2, 0.25) is 0 Å². The summed E-state index contributed by atoms with van der Waals surface area (Å²) in [6, 6.07) is 3.99. The van der Waals surface area contributed by atoms with E-state index in [0.717, 1.165) is 6.07 Å². The Labute approximate surface area is 110 Å². The summed E-state index contributed by atoms with van der Waals surface area (Å²) in [4.78, 5) is 22.8. The molecule has 0 amide bonds. The van der Waals surface area contributed by atoms with Crippen molar-refractivity contribution in [3.05, 3.63) is 29.6 Å². The van der Waals surface area contributed by atoms with Crippen molar-refractivity contribution in [3.63, 3.8) is 0 Å². The maximum Gasteiger partial charge on any atom is 0.330 e. The van der Waals surface area contributed by atoms with Crippen LogP contribution in [0.5, 0.6) is 0 Å². The number of rotatable bonds is 5. The summed E-state index contributed by atoms with van der Waals surface area (Å²) < 4.78 is 18.3. The molecule has 0 spiro atoms. The van der Waals surface area contributed by atoms with E-state index < -0.39 is 23.1 Å². The van der Waals surface area contributed by atoms with Gasteiger partial charge in [-0.1, -0.05) is 0 Å². The number of nitrogens with one attached hydrogen (secondary N) is 1. The Balaban J connectivity index is 2.96. The van der Waals surface area contributed by atoms with Gasteiger partial charge in [0.15, 0.2) is 5.78 Å². The number of nitrogens with two attached hydrogens (primary N) is 1. The number of anilines is 1. The van der Waals surface area contributed by atoms with E-state index in [1.807, 2.05) is 0 Å². The third-order valence-electron chi connectivity index (χ3n) is 2.61. The highest BCUT2D eigenvalue weighted by Gasteiger charge is 2.28. The number of ether oxygens (including phenoxy) is 1. The number of hydrogen-bond acceptors (Lipinski definition) is 5. The Hall–Kier alpha value is -1.95. The summed E-state index contributed by atoms with van der Waals surface area (Å²) in [6.07, 6.45) is 0. The van der Waals surface area contributed by atoms with E-state index in [9.17, 15) is 14.0 Å². The zero-order valence-electron chi connectivity index (χ0n) is 11.1. The van der Waals surface area contributed by atoms with Gasteiger partial charge in [0.05, 0.1) is 19.2 Å². The summed E-state index contributed by atoms with van der Waals surface area (Å²) in [5.74, 6) is -1.63. The molecular formula is C13H17FN2O3. The van der Waals surface area contributed by atoms with Crippen molar-refractivity contribution in [2.45, 2.75) is 19.4 Å². The van der Waals surface area contributed by atoms with Gasteiger partial charge in [0.1, 0.15) is 11.4 Å². The lowest BCUT2D eigenvalue weighted by atomic mass is 10.0. The van der Waals surface area contributed by atoms with Gasteiger partial charge in [-0.2, -0.15) is 0 Å². The van der Waals surface area contributed by atoms with Crippen molar-refractivity contribution in [1.82, 2.24) is 0 Å². The number of carbonyl (C=O) groups excluding carboxylic acids is 2. The molecule has 0 saturated carbocycles. The Morgan fingerprint density at radius 1 is 1.42 bits per heavy atom. The quantitative estimate of drug-likeness (QED) is 0.622. The van der Waals surface area contributed by atoms with Gasteiger partial charge in [-0.05, 0) is 32.0 Å². The van der Waals surface area contributed by atoms with E-state index >= 15 is 0 Å². The van der Waals surface area contributed by atoms with Crippen molar-refractivity contribution in [2.75, 3.05) is 19.0 Å². The van der Waals surface area contributed by atoms with Crippen LogP contribution in [0.1, 0.15) is 24.2 Å². The first-order chi connectivity index (χ1) is 8.81. The van der Waals surface area contributed by atoms with E-state index in [1.54, 1.807) is 13.8 Å². The second-order valence-corrected chi connectivity index (χ2v) is 4.56. The van der Waals surface area contributed by atoms with Gasteiger partial charge in [-0.15, -0.1) is 0 Å².